The zero-order valence-electron chi connectivity index (χ0n) is 12.5. The molecule has 0 radical (unpaired) electrons. The highest BCUT2D eigenvalue weighted by molar-refractivity contribution is 7.80. The standard InChI is InChI=1S/C12H14Cl3N5O3S/c1-19(2)11(21)18-9(12(13,14)15)17-10(24)16-7-4-3-5-8(6-7)20(22)23/h3-6,9H,1-2H3,(H,18,21)(H2,16,17,24)/t9-/m0/s1. The first-order chi connectivity index (χ1) is 11.0. The Morgan fingerprint density at radius 3 is 2.46 bits per heavy atom. The molecule has 0 bridgehead atoms. The van der Waals surface area contributed by atoms with E-state index in [-0.39, 0.29) is 10.8 Å². The molecule has 0 heterocycles. The minimum Gasteiger partial charge on any atom is -0.339 e. The van der Waals surface area contributed by atoms with E-state index in [0.717, 1.165) is 0 Å². The van der Waals surface area contributed by atoms with Crippen LogP contribution in [0.1, 0.15) is 0 Å². The molecular weight excluding hydrogens is 401 g/mol. The minimum atomic E-state index is -1.89. The third-order valence-electron chi connectivity index (χ3n) is 2.59. The highest BCUT2D eigenvalue weighted by Crippen LogP contribution is 2.29. The highest BCUT2D eigenvalue weighted by atomic mass is 35.6. The summed E-state index contributed by atoms with van der Waals surface area (Å²) in [5, 5.41) is 18.6. The van der Waals surface area contributed by atoms with Gasteiger partial charge in [-0.15, -0.1) is 0 Å². The second-order valence-electron chi connectivity index (χ2n) is 4.72. The lowest BCUT2D eigenvalue weighted by Gasteiger charge is -2.28. The van der Waals surface area contributed by atoms with Gasteiger partial charge in [-0.3, -0.25) is 10.1 Å². The van der Waals surface area contributed by atoms with Crippen LogP contribution in [0.5, 0.6) is 0 Å². The van der Waals surface area contributed by atoms with Crippen molar-refractivity contribution < 1.29 is 9.72 Å². The van der Waals surface area contributed by atoms with E-state index in [1.54, 1.807) is 6.07 Å². The van der Waals surface area contributed by atoms with Crippen molar-refractivity contribution in [3.63, 3.8) is 0 Å². The number of nitro benzene ring substituents is 1. The van der Waals surface area contributed by atoms with Crippen LogP contribution in [0.15, 0.2) is 24.3 Å². The predicted octanol–water partition coefficient (Wildman–Crippen LogP) is 2.85. The summed E-state index contributed by atoms with van der Waals surface area (Å²) in [6.45, 7) is 0. The van der Waals surface area contributed by atoms with Gasteiger partial charge >= 0.3 is 6.03 Å². The topological polar surface area (TPSA) is 99.5 Å². The van der Waals surface area contributed by atoms with E-state index in [1.165, 1.54) is 37.2 Å². The van der Waals surface area contributed by atoms with Gasteiger partial charge in [-0.1, -0.05) is 40.9 Å². The Hall–Kier alpha value is -1.55. The monoisotopic (exact) mass is 413 g/mol. The zero-order chi connectivity index (χ0) is 18.5. The lowest BCUT2D eigenvalue weighted by molar-refractivity contribution is -0.384. The molecule has 0 fully saturated rings. The quantitative estimate of drug-likeness (QED) is 0.230. The van der Waals surface area contributed by atoms with Crippen molar-refractivity contribution in [2.24, 2.45) is 0 Å². The number of halogens is 3. The number of nitrogens with zero attached hydrogens (tertiary/aromatic N) is 2. The predicted molar refractivity (Wildman–Crippen MR) is 98.7 cm³/mol. The number of hydrogen-bond donors (Lipinski definition) is 3. The van der Waals surface area contributed by atoms with Gasteiger partial charge in [-0.25, -0.2) is 4.79 Å². The molecule has 2 amide bonds. The summed E-state index contributed by atoms with van der Waals surface area (Å²) >= 11 is 22.5. The average Bonchev–Trinajstić information content (AvgIpc) is 2.45. The maximum absolute atomic E-state index is 11.7. The highest BCUT2D eigenvalue weighted by Gasteiger charge is 2.35. The molecule has 132 valence electrons. The van der Waals surface area contributed by atoms with Crippen LogP contribution < -0.4 is 16.0 Å². The van der Waals surface area contributed by atoms with E-state index in [2.05, 4.69) is 16.0 Å². The molecule has 12 heteroatoms. The van der Waals surface area contributed by atoms with Gasteiger partial charge in [0.15, 0.2) is 11.3 Å². The van der Waals surface area contributed by atoms with E-state index >= 15 is 0 Å². The minimum absolute atomic E-state index is 0.00544. The molecule has 24 heavy (non-hydrogen) atoms. The lowest BCUT2D eigenvalue weighted by Crippen LogP contribution is -2.57. The number of carbonyl (C=O) groups excluding carboxylic acids is 1. The number of nitro groups is 1. The molecule has 0 aliphatic rings. The van der Waals surface area contributed by atoms with Gasteiger partial charge in [0.1, 0.15) is 0 Å². The van der Waals surface area contributed by atoms with Crippen molar-refractivity contribution in [3.8, 4) is 0 Å². The third kappa shape index (κ3) is 6.52. The second kappa shape index (κ2) is 8.52. The number of nitrogens with one attached hydrogen (secondary N) is 3. The van der Waals surface area contributed by atoms with Gasteiger partial charge in [0, 0.05) is 31.9 Å². The molecule has 0 saturated heterocycles. The van der Waals surface area contributed by atoms with Crippen LogP contribution in [0.25, 0.3) is 0 Å². The van der Waals surface area contributed by atoms with Gasteiger partial charge in [0.25, 0.3) is 5.69 Å². The molecule has 3 N–H and O–H groups in total. The van der Waals surface area contributed by atoms with E-state index in [1.807, 2.05) is 0 Å². The summed E-state index contributed by atoms with van der Waals surface area (Å²) in [6, 6.07) is 5.18. The van der Waals surface area contributed by atoms with E-state index in [4.69, 9.17) is 47.0 Å². The fourth-order valence-electron chi connectivity index (χ4n) is 1.45. The number of non-ortho nitro benzene ring substituents is 1. The van der Waals surface area contributed by atoms with Gasteiger partial charge in [0.2, 0.25) is 3.79 Å². The summed E-state index contributed by atoms with van der Waals surface area (Å²) in [5.74, 6) is 0. The van der Waals surface area contributed by atoms with Crippen LogP contribution >= 0.6 is 47.0 Å². The van der Waals surface area contributed by atoms with Crippen molar-refractivity contribution >= 4 is 69.5 Å². The summed E-state index contributed by atoms with van der Waals surface area (Å²) < 4.78 is -1.89. The maximum atomic E-state index is 11.7. The van der Waals surface area contributed by atoms with Crippen LogP contribution in [0.3, 0.4) is 0 Å². The largest absolute Gasteiger partial charge is 0.339 e. The molecule has 0 aliphatic heterocycles. The Bertz CT molecular complexity index is 639. The molecule has 0 spiro atoms. The average molecular weight is 415 g/mol. The molecule has 0 saturated carbocycles. The third-order valence-corrected chi connectivity index (χ3v) is 3.47. The summed E-state index contributed by atoms with van der Waals surface area (Å²) in [5.41, 5.74) is 0.255. The molecular formula is C12H14Cl3N5O3S. The first-order valence-corrected chi connectivity index (χ1v) is 7.91. The Kier molecular flexibility index (Phi) is 7.27. The smallest absolute Gasteiger partial charge is 0.318 e. The summed E-state index contributed by atoms with van der Waals surface area (Å²) in [7, 11) is 3.04. The van der Waals surface area contributed by atoms with Gasteiger partial charge in [-0.2, -0.15) is 0 Å². The summed E-state index contributed by atoms with van der Waals surface area (Å²) in [4.78, 5) is 23.2. The zero-order valence-corrected chi connectivity index (χ0v) is 15.6. The van der Waals surface area contributed by atoms with E-state index in [0.29, 0.717) is 5.69 Å². The Balaban J connectivity index is 2.80. The number of amides is 2. The van der Waals surface area contributed by atoms with Gasteiger partial charge < -0.3 is 20.9 Å². The molecule has 1 rings (SSSR count). The van der Waals surface area contributed by atoms with Crippen LogP contribution in [0.2, 0.25) is 0 Å². The van der Waals surface area contributed by atoms with Crippen LogP contribution in [0.4, 0.5) is 16.2 Å². The lowest BCUT2D eigenvalue weighted by atomic mass is 10.3. The van der Waals surface area contributed by atoms with Crippen molar-refractivity contribution in [1.29, 1.82) is 0 Å². The number of urea groups is 1. The number of carbonyl (C=O) groups is 1. The SMILES string of the molecule is CN(C)C(=O)N[C@H](NC(=S)Nc1cccc([N+](=O)[O-])c1)C(Cl)(Cl)Cl. The van der Waals surface area contributed by atoms with E-state index in [9.17, 15) is 14.9 Å². The van der Waals surface area contributed by atoms with E-state index < -0.39 is 20.9 Å². The number of benzene rings is 1. The van der Waals surface area contributed by atoms with Crippen molar-refractivity contribution in [3.05, 3.63) is 34.4 Å². The van der Waals surface area contributed by atoms with Crippen LogP contribution in [0, 0.1) is 10.1 Å². The fraction of sp³-hybridized carbons (Fsp3) is 0.333. The number of hydrogen-bond acceptors (Lipinski definition) is 4. The maximum Gasteiger partial charge on any atom is 0.318 e. The fourth-order valence-corrected chi connectivity index (χ4v) is 2.01. The number of anilines is 1. The molecule has 8 nitrogen and oxygen atoms in total. The molecule has 1 aromatic carbocycles. The normalized spacial score (nSPS) is 12.0. The van der Waals surface area contributed by atoms with Crippen LogP contribution in [-0.4, -0.2) is 45.0 Å². The molecule has 0 aliphatic carbocycles. The molecule has 1 aromatic rings. The Morgan fingerprint density at radius 1 is 1.33 bits per heavy atom. The number of rotatable bonds is 4. The molecule has 0 unspecified atom stereocenters. The molecule has 0 aromatic heterocycles. The number of thiocarbonyl (C=S) groups is 1. The van der Waals surface area contributed by atoms with Gasteiger partial charge in [0.05, 0.1) is 4.92 Å². The molecule has 1 atom stereocenters. The first kappa shape index (κ1) is 20.5. The van der Waals surface area contributed by atoms with Crippen molar-refractivity contribution in [2.75, 3.05) is 19.4 Å². The van der Waals surface area contributed by atoms with Gasteiger partial charge in [-0.05, 0) is 18.3 Å². The Morgan fingerprint density at radius 2 is 1.96 bits per heavy atom. The van der Waals surface area contributed by atoms with Crippen LogP contribution in [-0.2, 0) is 0 Å². The van der Waals surface area contributed by atoms with Crippen molar-refractivity contribution in [1.82, 2.24) is 15.5 Å². The summed E-state index contributed by atoms with van der Waals surface area (Å²) in [6.07, 6.45) is -1.13. The Labute approximate surface area is 158 Å². The first-order valence-electron chi connectivity index (χ1n) is 6.37. The number of alkyl halides is 3. The van der Waals surface area contributed by atoms with Crippen molar-refractivity contribution in [2.45, 2.75) is 9.96 Å². The second-order valence-corrected chi connectivity index (χ2v) is 7.50.